The molecule has 0 saturated carbocycles. The highest BCUT2D eigenvalue weighted by molar-refractivity contribution is 7.19. The second-order valence-electron chi connectivity index (χ2n) is 9.87. The maximum atomic E-state index is 11.6. The van der Waals surface area contributed by atoms with Crippen LogP contribution in [0.15, 0.2) is 42.9 Å². The number of nitrogens with zero attached hydrogens (tertiary/aromatic N) is 7. The van der Waals surface area contributed by atoms with Crippen LogP contribution in [-0.2, 0) is 11.3 Å². The van der Waals surface area contributed by atoms with Crippen molar-refractivity contribution in [1.29, 1.82) is 0 Å². The van der Waals surface area contributed by atoms with Gasteiger partial charge >= 0.3 is 0 Å². The van der Waals surface area contributed by atoms with Crippen LogP contribution < -0.4 is 15.3 Å². The molecule has 1 aromatic carbocycles. The van der Waals surface area contributed by atoms with E-state index in [1.165, 1.54) is 12.4 Å². The van der Waals surface area contributed by atoms with E-state index in [9.17, 15) is 4.79 Å². The van der Waals surface area contributed by atoms with Gasteiger partial charge in [0, 0.05) is 48.4 Å². The Bertz CT molecular complexity index is 1670. The fraction of sp³-hybridized carbons (Fsp3) is 0.308. The molecular weight excluding hydrogens is 518 g/mol. The highest BCUT2D eigenvalue weighted by atomic mass is 32.1. The third-order valence-corrected chi connectivity index (χ3v) is 8.31. The lowest BCUT2D eigenvalue weighted by Crippen LogP contribution is -2.43. The Hall–Kier alpha value is -4.20. The Labute approximate surface area is 226 Å². The number of carbonyl (C=O) groups is 1. The molecule has 0 spiro atoms. The van der Waals surface area contributed by atoms with Crippen molar-refractivity contribution >= 4 is 50.1 Å². The molecule has 2 bridgehead atoms. The van der Waals surface area contributed by atoms with Gasteiger partial charge in [0.15, 0.2) is 11.6 Å². The van der Waals surface area contributed by atoms with E-state index in [0.29, 0.717) is 18.3 Å². The Morgan fingerprint density at radius 2 is 2.00 bits per heavy atom. The van der Waals surface area contributed by atoms with Crippen molar-refractivity contribution in [2.24, 2.45) is 0 Å². The number of amides is 1. The molecule has 13 heteroatoms. The Morgan fingerprint density at radius 1 is 1.21 bits per heavy atom. The average molecular weight is 544 g/mol. The molecule has 5 aromatic rings. The van der Waals surface area contributed by atoms with Crippen molar-refractivity contribution in [3.63, 3.8) is 0 Å². The van der Waals surface area contributed by atoms with Gasteiger partial charge in [-0.1, -0.05) is 12.1 Å². The largest absolute Gasteiger partial charge is 0.371 e. The number of anilines is 2. The first-order chi connectivity index (χ1) is 19.1. The van der Waals surface area contributed by atoms with Crippen LogP contribution in [0.25, 0.3) is 32.5 Å². The molecule has 12 nitrogen and oxygen atoms in total. The van der Waals surface area contributed by atoms with Gasteiger partial charge in [-0.2, -0.15) is 5.10 Å². The van der Waals surface area contributed by atoms with Crippen LogP contribution in [0, 0.1) is 0 Å². The number of hydroxylamine groups is 1. The molecule has 0 radical (unpaired) electrons. The number of hydrogen-bond acceptors (Lipinski definition) is 11. The molecule has 2 atom stereocenters. The normalized spacial score (nSPS) is 18.7. The van der Waals surface area contributed by atoms with Crippen LogP contribution in [0.3, 0.4) is 0 Å². The summed E-state index contributed by atoms with van der Waals surface area (Å²) in [6, 6.07) is 8.12. The summed E-state index contributed by atoms with van der Waals surface area (Å²) in [5.74, 6) is 1.41. The molecule has 2 aliphatic heterocycles. The Morgan fingerprint density at radius 3 is 2.77 bits per heavy atom. The fourth-order valence-corrected chi connectivity index (χ4v) is 6.50. The maximum Gasteiger partial charge on any atom is 0.277 e. The highest BCUT2D eigenvalue weighted by Crippen LogP contribution is 2.38. The average Bonchev–Trinajstić information content (AvgIpc) is 3.69. The van der Waals surface area contributed by atoms with Gasteiger partial charge in [-0.3, -0.25) is 15.1 Å². The number of morpholine rings is 1. The number of fused-ring (bicyclic) bond motifs is 4. The number of rotatable bonds is 6. The van der Waals surface area contributed by atoms with Crippen LogP contribution >= 0.6 is 11.3 Å². The van der Waals surface area contributed by atoms with Crippen LogP contribution in [0.2, 0.25) is 0 Å². The zero-order chi connectivity index (χ0) is 26.5. The van der Waals surface area contributed by atoms with Crippen molar-refractivity contribution in [2.45, 2.75) is 31.6 Å². The lowest BCUT2D eigenvalue weighted by atomic mass is 10.1. The van der Waals surface area contributed by atoms with Crippen molar-refractivity contribution < 1.29 is 14.7 Å². The molecule has 39 heavy (non-hydrogen) atoms. The van der Waals surface area contributed by atoms with E-state index >= 15 is 0 Å². The van der Waals surface area contributed by atoms with E-state index in [1.807, 2.05) is 36.3 Å². The van der Waals surface area contributed by atoms with Gasteiger partial charge < -0.3 is 14.5 Å². The second-order valence-corrected chi connectivity index (χ2v) is 11.0. The number of ether oxygens (including phenoxy) is 1. The van der Waals surface area contributed by atoms with Crippen molar-refractivity contribution in [1.82, 2.24) is 35.6 Å². The minimum Gasteiger partial charge on any atom is -0.371 e. The second kappa shape index (κ2) is 9.52. The summed E-state index contributed by atoms with van der Waals surface area (Å²) in [5, 5.41) is 17.1. The molecule has 2 fully saturated rings. The number of nitrogens with one attached hydrogen (secondary N) is 2. The zero-order valence-corrected chi connectivity index (χ0v) is 21.9. The molecular formula is C26H25N9O3S. The lowest BCUT2D eigenvalue weighted by Gasteiger charge is -2.33. The molecule has 2 aliphatic rings. The van der Waals surface area contributed by atoms with E-state index in [-0.39, 0.29) is 17.8 Å². The molecule has 3 N–H and O–H groups in total. The Kier molecular flexibility index (Phi) is 5.83. The monoisotopic (exact) mass is 543 g/mol. The summed E-state index contributed by atoms with van der Waals surface area (Å²) in [4.78, 5) is 35.6. The maximum absolute atomic E-state index is 11.6. The van der Waals surface area contributed by atoms with Gasteiger partial charge in [0.1, 0.15) is 0 Å². The van der Waals surface area contributed by atoms with E-state index in [2.05, 4.69) is 31.1 Å². The molecule has 0 aliphatic carbocycles. The molecule has 1 amide bonds. The van der Waals surface area contributed by atoms with E-state index in [4.69, 9.17) is 19.9 Å². The van der Waals surface area contributed by atoms with Crippen molar-refractivity contribution in [3.8, 4) is 11.4 Å². The third-order valence-electron chi connectivity index (χ3n) is 7.21. The first-order valence-corrected chi connectivity index (χ1v) is 13.5. The van der Waals surface area contributed by atoms with Crippen LogP contribution in [0.1, 0.15) is 28.1 Å². The molecule has 198 valence electrons. The first kappa shape index (κ1) is 23.9. The zero-order valence-electron chi connectivity index (χ0n) is 21.0. The SMILES string of the molecule is CN(Cc1cc2nc(-c3cccc4[nH]ncc34)nc(N3CC4CCC(C3)O4)c2s1)c1ncc(C(=O)NO)cn1. The highest BCUT2D eigenvalue weighted by Gasteiger charge is 2.35. The summed E-state index contributed by atoms with van der Waals surface area (Å²) < 4.78 is 7.15. The fourth-order valence-electron chi connectivity index (χ4n) is 5.33. The molecule has 7 rings (SSSR count). The topological polar surface area (TPSA) is 145 Å². The van der Waals surface area contributed by atoms with Gasteiger partial charge in [-0.05, 0) is 25.0 Å². The standard InChI is InChI=1S/C26H25N9O3S/c1-34(26-27-8-14(9-28-26)25(36)33-37)13-17-7-21-22(39-17)24(35-11-15-5-6-16(12-35)38-15)31-23(30-21)18-3-2-4-20-19(18)10-29-32-20/h2-4,7-10,15-16,37H,5-6,11-13H2,1H3,(H,29,32)(H,33,36). The summed E-state index contributed by atoms with van der Waals surface area (Å²) in [7, 11) is 1.89. The smallest absolute Gasteiger partial charge is 0.277 e. The number of thiophene rings is 1. The quantitative estimate of drug-likeness (QED) is 0.216. The van der Waals surface area contributed by atoms with E-state index < -0.39 is 5.91 Å². The van der Waals surface area contributed by atoms with Crippen molar-refractivity contribution in [3.05, 3.63) is 53.3 Å². The minimum absolute atomic E-state index is 0.177. The third kappa shape index (κ3) is 4.33. The number of hydrogen-bond donors (Lipinski definition) is 3. The van der Waals surface area contributed by atoms with E-state index in [1.54, 1.807) is 16.8 Å². The minimum atomic E-state index is -0.654. The van der Waals surface area contributed by atoms with Gasteiger partial charge in [0.05, 0.1) is 46.2 Å². The summed E-state index contributed by atoms with van der Waals surface area (Å²) >= 11 is 1.66. The number of carbonyl (C=O) groups excluding carboxylic acids is 1. The predicted molar refractivity (Wildman–Crippen MR) is 146 cm³/mol. The van der Waals surface area contributed by atoms with E-state index in [0.717, 1.165) is 63.3 Å². The number of aromatic nitrogens is 6. The number of benzene rings is 1. The molecule has 2 unspecified atom stereocenters. The van der Waals surface area contributed by atoms with Crippen LogP contribution in [0.4, 0.5) is 11.8 Å². The van der Waals surface area contributed by atoms with Gasteiger partial charge in [0.2, 0.25) is 5.95 Å². The van der Waals surface area contributed by atoms with Crippen LogP contribution in [-0.4, -0.2) is 73.6 Å². The number of H-pyrrole nitrogens is 1. The summed E-state index contributed by atoms with van der Waals surface area (Å²) in [5.41, 5.74) is 4.53. The van der Waals surface area contributed by atoms with Crippen molar-refractivity contribution in [2.75, 3.05) is 29.9 Å². The van der Waals surface area contributed by atoms with Crippen LogP contribution in [0.5, 0.6) is 0 Å². The number of aromatic amines is 1. The molecule has 6 heterocycles. The van der Waals surface area contributed by atoms with Gasteiger partial charge in [-0.25, -0.2) is 25.4 Å². The summed E-state index contributed by atoms with van der Waals surface area (Å²) in [6.45, 7) is 2.17. The first-order valence-electron chi connectivity index (χ1n) is 12.7. The Balaban J connectivity index is 1.27. The molecule has 4 aromatic heterocycles. The summed E-state index contributed by atoms with van der Waals surface area (Å²) in [6.07, 6.45) is 7.20. The van der Waals surface area contributed by atoms with Gasteiger partial charge in [-0.15, -0.1) is 11.3 Å². The predicted octanol–water partition coefficient (Wildman–Crippen LogP) is 3.15. The lowest BCUT2D eigenvalue weighted by molar-refractivity contribution is 0.0303. The van der Waals surface area contributed by atoms with Gasteiger partial charge in [0.25, 0.3) is 5.91 Å². The molecule has 2 saturated heterocycles.